The molecule has 3 rings (SSSR count). The summed E-state index contributed by atoms with van der Waals surface area (Å²) in [5.74, 6) is -9.11. The molecule has 2 aromatic carbocycles. The molecule has 7 atom stereocenters. The number of methoxy groups -OCH3 is 1. The number of nitrogens with zero attached hydrogens (tertiary/aromatic N) is 1. The number of nitrogens with one attached hydrogen (secondary N) is 1. The smallest absolute Gasteiger partial charge is 0.383 e. The third-order valence-corrected chi connectivity index (χ3v) is 7.26. The Morgan fingerprint density at radius 1 is 0.868 bits per heavy atom. The van der Waals surface area contributed by atoms with Gasteiger partial charge in [-0.3, -0.25) is 34.1 Å². The fraction of sp³-hybridized carbons (Fsp3) is 0.424. The molecular formula is C33H36N2O17S. The van der Waals surface area contributed by atoms with Gasteiger partial charge in [-0.15, -0.1) is 0 Å². The number of hydrogen-bond acceptors (Lipinski definition) is 18. The molecular weight excluding hydrogens is 728 g/mol. The lowest BCUT2D eigenvalue weighted by molar-refractivity contribution is -0.384. The van der Waals surface area contributed by atoms with E-state index in [9.17, 15) is 38.9 Å². The second-order valence-corrected chi connectivity index (χ2v) is 11.5. The van der Waals surface area contributed by atoms with Crippen LogP contribution in [0.2, 0.25) is 0 Å². The highest BCUT2D eigenvalue weighted by Crippen LogP contribution is 2.40. The number of nitro groups is 1. The zero-order valence-electron chi connectivity index (χ0n) is 29.2. The maximum Gasteiger partial charge on any atom is 0.383 e. The summed E-state index contributed by atoms with van der Waals surface area (Å²) in [6.07, 6.45) is -9.48. The summed E-state index contributed by atoms with van der Waals surface area (Å²) in [7, 11) is 0.921. The van der Waals surface area contributed by atoms with Crippen LogP contribution in [0.1, 0.15) is 34.6 Å². The lowest BCUT2D eigenvalue weighted by Crippen LogP contribution is -2.77. The summed E-state index contributed by atoms with van der Waals surface area (Å²) < 4.78 is 50.8. The van der Waals surface area contributed by atoms with E-state index < -0.39 is 94.9 Å². The topological polar surface area (TPSA) is 241 Å². The monoisotopic (exact) mass is 764 g/mol. The molecule has 0 unspecified atom stereocenters. The fourth-order valence-electron chi connectivity index (χ4n) is 5.18. The second-order valence-electron chi connectivity index (χ2n) is 11.1. The fourth-order valence-corrected chi connectivity index (χ4v) is 5.38. The molecule has 0 spiro atoms. The molecule has 53 heavy (non-hydrogen) atoms. The van der Waals surface area contributed by atoms with Crippen LogP contribution in [-0.4, -0.2) is 102 Å². The van der Waals surface area contributed by atoms with Gasteiger partial charge in [0.1, 0.15) is 24.2 Å². The summed E-state index contributed by atoms with van der Waals surface area (Å²) in [5, 5.41) is 13.2. The van der Waals surface area contributed by atoms with Gasteiger partial charge in [-0.25, -0.2) is 4.79 Å². The number of rotatable bonds is 14. The molecule has 0 aromatic heterocycles. The van der Waals surface area contributed by atoms with Crippen LogP contribution in [0.3, 0.4) is 0 Å². The molecule has 0 aliphatic carbocycles. The lowest BCUT2D eigenvalue weighted by atomic mass is 9.85. The number of hydrogen-bond donors (Lipinski definition) is 1. The third kappa shape index (κ3) is 11.3. The van der Waals surface area contributed by atoms with Crippen LogP contribution in [0.4, 0.5) is 5.69 Å². The number of amides is 1. The molecule has 1 heterocycles. The Balaban J connectivity index is 2.38. The summed E-state index contributed by atoms with van der Waals surface area (Å²) in [4.78, 5) is 87.0. The number of nitro benzene ring substituents is 1. The zero-order valence-corrected chi connectivity index (χ0v) is 30.0. The predicted octanol–water partition coefficient (Wildman–Crippen LogP) is 1.85. The van der Waals surface area contributed by atoms with Crippen LogP contribution in [0.25, 0.3) is 0 Å². The molecule has 1 fully saturated rings. The Morgan fingerprint density at radius 3 is 2.00 bits per heavy atom. The highest BCUT2D eigenvalue weighted by atomic mass is 32.1. The number of non-ortho nitro benzene ring substituents is 1. The molecule has 1 amide bonds. The van der Waals surface area contributed by atoms with E-state index in [0.717, 1.165) is 66.0 Å². The Morgan fingerprint density at radius 2 is 1.49 bits per heavy atom. The first kappa shape index (κ1) is 41.5. The standard InChI is InChI=1S/C33H36N2O17S/c1-17(36)34-26-28(27(47-20(4)39)25(46-19(3)38)16-45-18(2)37)52-33(31(41)44-6,51-24-14-12-22(13-15-24)35(42)43)30(29(26)48-21(5)40)50-32(53)49-23-10-8-7-9-11-23/h7-15,25-30H,16H2,1-6H3,(H,34,36)/t25-,26+,27-,28-,29-,30+,33-/m1/s1. The van der Waals surface area contributed by atoms with E-state index in [4.69, 9.17) is 54.8 Å². The number of thiocarbonyl (C=S) groups is 1. The number of ether oxygens (including phenoxy) is 9. The molecule has 0 bridgehead atoms. The van der Waals surface area contributed by atoms with Crippen molar-refractivity contribution in [1.29, 1.82) is 0 Å². The third-order valence-electron chi connectivity index (χ3n) is 7.08. The van der Waals surface area contributed by atoms with Crippen molar-refractivity contribution in [2.75, 3.05) is 13.7 Å². The molecule has 1 N–H and O–H groups in total. The molecule has 1 aliphatic heterocycles. The van der Waals surface area contributed by atoms with E-state index in [-0.39, 0.29) is 17.2 Å². The normalized spacial score (nSPS) is 21.6. The SMILES string of the molecule is COC(=O)[C@]1(Oc2ccc([N+](=O)[O-])cc2)O[C@@H]([C@H](OC(C)=O)[C@@H](COC(C)=O)OC(C)=O)[C@H](NC(C)=O)[C@@H](OC(C)=O)[C@@H]1OC(=S)Oc1ccccc1. The number of esters is 5. The molecule has 19 nitrogen and oxygen atoms in total. The Hall–Kier alpha value is -5.89. The number of para-hydroxylation sites is 1. The average molecular weight is 765 g/mol. The second kappa shape index (κ2) is 18.6. The van der Waals surface area contributed by atoms with Crippen molar-refractivity contribution in [1.82, 2.24) is 5.32 Å². The minimum atomic E-state index is -2.99. The Bertz CT molecular complexity index is 1690. The quantitative estimate of drug-likeness (QED) is 0.0949. The Kier molecular flexibility index (Phi) is 14.5. The van der Waals surface area contributed by atoms with Gasteiger partial charge in [0.15, 0.2) is 18.3 Å². The lowest BCUT2D eigenvalue weighted by Gasteiger charge is -2.51. The van der Waals surface area contributed by atoms with E-state index in [1.165, 1.54) is 12.1 Å². The van der Waals surface area contributed by atoms with Crippen LogP contribution in [0, 0.1) is 10.1 Å². The molecule has 1 aliphatic rings. The van der Waals surface area contributed by atoms with Crippen LogP contribution < -0.4 is 14.8 Å². The van der Waals surface area contributed by atoms with Crippen LogP contribution in [-0.2, 0) is 61.9 Å². The first-order valence-corrected chi connectivity index (χ1v) is 15.9. The maximum absolute atomic E-state index is 14.1. The van der Waals surface area contributed by atoms with Gasteiger partial charge in [-0.1, -0.05) is 18.2 Å². The first-order chi connectivity index (χ1) is 25.0. The van der Waals surface area contributed by atoms with Crippen molar-refractivity contribution in [2.45, 2.75) is 77.0 Å². The molecule has 2 aromatic rings. The number of carbonyl (C=O) groups is 6. The highest BCUT2D eigenvalue weighted by molar-refractivity contribution is 7.79. The van der Waals surface area contributed by atoms with E-state index in [1.54, 1.807) is 18.2 Å². The van der Waals surface area contributed by atoms with Crippen molar-refractivity contribution >= 4 is 58.9 Å². The van der Waals surface area contributed by atoms with Crippen molar-refractivity contribution in [3.8, 4) is 11.5 Å². The van der Waals surface area contributed by atoms with Gasteiger partial charge < -0.3 is 47.9 Å². The average Bonchev–Trinajstić information content (AvgIpc) is 3.07. The maximum atomic E-state index is 14.1. The molecule has 1 saturated heterocycles. The van der Waals surface area contributed by atoms with Crippen molar-refractivity contribution in [2.24, 2.45) is 0 Å². The van der Waals surface area contributed by atoms with Crippen LogP contribution in [0.15, 0.2) is 54.6 Å². The first-order valence-electron chi connectivity index (χ1n) is 15.5. The number of benzene rings is 2. The number of carbonyl (C=O) groups excluding carboxylic acids is 6. The molecule has 286 valence electrons. The molecule has 0 radical (unpaired) electrons. The van der Waals surface area contributed by atoms with E-state index in [1.807, 2.05) is 0 Å². The van der Waals surface area contributed by atoms with Crippen LogP contribution in [0.5, 0.6) is 11.5 Å². The van der Waals surface area contributed by atoms with Crippen LogP contribution >= 0.6 is 12.2 Å². The van der Waals surface area contributed by atoms with Crippen molar-refractivity contribution in [3.05, 3.63) is 64.7 Å². The van der Waals surface area contributed by atoms with Gasteiger partial charge in [0.2, 0.25) is 12.0 Å². The van der Waals surface area contributed by atoms with Gasteiger partial charge in [0, 0.05) is 59.0 Å². The van der Waals surface area contributed by atoms with Gasteiger partial charge in [0.05, 0.1) is 18.1 Å². The van der Waals surface area contributed by atoms with Gasteiger partial charge in [0.25, 0.3) is 5.69 Å². The van der Waals surface area contributed by atoms with Gasteiger partial charge in [-0.05, 0) is 24.3 Å². The van der Waals surface area contributed by atoms with Gasteiger partial charge in [-0.2, -0.15) is 0 Å². The van der Waals surface area contributed by atoms with E-state index in [0.29, 0.717) is 0 Å². The minimum Gasteiger partial charge on any atom is -0.464 e. The molecule has 20 heteroatoms. The van der Waals surface area contributed by atoms with E-state index >= 15 is 0 Å². The molecule has 0 saturated carbocycles. The van der Waals surface area contributed by atoms with Crippen molar-refractivity contribution < 1.29 is 76.3 Å². The largest absolute Gasteiger partial charge is 0.464 e. The predicted molar refractivity (Wildman–Crippen MR) is 179 cm³/mol. The van der Waals surface area contributed by atoms with E-state index in [2.05, 4.69) is 5.32 Å². The van der Waals surface area contributed by atoms with Gasteiger partial charge >= 0.3 is 40.9 Å². The summed E-state index contributed by atoms with van der Waals surface area (Å²) in [6.45, 7) is 4.31. The zero-order chi connectivity index (χ0) is 39.5. The van der Waals surface area contributed by atoms with Crippen molar-refractivity contribution in [3.63, 3.8) is 0 Å². The Labute approximate surface area is 307 Å². The highest BCUT2D eigenvalue weighted by Gasteiger charge is 2.68. The minimum absolute atomic E-state index is 0.166. The summed E-state index contributed by atoms with van der Waals surface area (Å²) in [6, 6.07) is 10.5. The summed E-state index contributed by atoms with van der Waals surface area (Å²) in [5.41, 5.74) is -0.370. The summed E-state index contributed by atoms with van der Waals surface area (Å²) >= 11 is 5.35.